The highest BCUT2D eigenvalue weighted by atomic mass is 19.2. The van der Waals surface area contributed by atoms with Gasteiger partial charge in [-0.05, 0) is 24.3 Å². The molecule has 0 radical (unpaired) electrons. The van der Waals surface area contributed by atoms with Crippen molar-refractivity contribution in [2.75, 3.05) is 18.9 Å². The molecule has 0 saturated heterocycles. The molecule has 0 saturated carbocycles. The van der Waals surface area contributed by atoms with Crippen molar-refractivity contribution in [1.29, 1.82) is 0 Å². The van der Waals surface area contributed by atoms with Crippen molar-refractivity contribution in [3.8, 4) is 0 Å². The summed E-state index contributed by atoms with van der Waals surface area (Å²) in [6, 6.07) is 5.14. The first-order valence-electron chi connectivity index (χ1n) is 6.84. The van der Waals surface area contributed by atoms with E-state index < -0.39 is 53.0 Å². The second-order valence-electron chi connectivity index (χ2n) is 5.07. The van der Waals surface area contributed by atoms with E-state index in [0.717, 1.165) is 19.2 Å². The quantitative estimate of drug-likeness (QED) is 0.519. The maximum Gasteiger partial charge on any atom is 0.257 e. The number of hydrogen-bond acceptors (Lipinski definition) is 2. The van der Waals surface area contributed by atoms with Gasteiger partial charge in [0.1, 0.15) is 5.82 Å². The number of carbonyl (C=O) groups is 2. The van der Waals surface area contributed by atoms with Crippen LogP contribution in [-0.4, -0.2) is 30.3 Å². The molecule has 0 unspecified atom stereocenters. The van der Waals surface area contributed by atoms with Crippen LogP contribution >= 0.6 is 0 Å². The molecule has 132 valence electrons. The molecule has 0 fully saturated rings. The third kappa shape index (κ3) is 4.11. The lowest BCUT2D eigenvalue weighted by molar-refractivity contribution is -0.116. The van der Waals surface area contributed by atoms with Gasteiger partial charge in [-0.25, -0.2) is 22.0 Å². The fourth-order valence-electron chi connectivity index (χ4n) is 1.99. The van der Waals surface area contributed by atoms with E-state index in [1.54, 1.807) is 0 Å². The van der Waals surface area contributed by atoms with E-state index in [2.05, 4.69) is 5.32 Å². The maximum absolute atomic E-state index is 13.6. The van der Waals surface area contributed by atoms with Crippen LogP contribution in [0.25, 0.3) is 0 Å². The number of carbonyl (C=O) groups excluding carboxylic acids is 2. The fraction of sp³-hybridized carbons (Fsp3) is 0.125. The molecule has 0 atom stereocenters. The van der Waals surface area contributed by atoms with Gasteiger partial charge in [0.05, 0.1) is 12.1 Å². The van der Waals surface area contributed by atoms with Crippen LogP contribution in [0.5, 0.6) is 0 Å². The molecule has 0 aliphatic carbocycles. The third-order valence-corrected chi connectivity index (χ3v) is 3.17. The number of rotatable bonds is 4. The summed E-state index contributed by atoms with van der Waals surface area (Å²) in [5, 5.41) is 2.29. The van der Waals surface area contributed by atoms with E-state index in [4.69, 9.17) is 0 Å². The highest BCUT2D eigenvalue weighted by molar-refractivity contribution is 5.99. The number of anilines is 1. The van der Waals surface area contributed by atoms with Crippen LogP contribution in [0, 0.1) is 29.1 Å². The Morgan fingerprint density at radius 2 is 1.68 bits per heavy atom. The molecule has 2 aromatic carbocycles. The van der Waals surface area contributed by atoms with Gasteiger partial charge in [0.2, 0.25) is 5.91 Å². The van der Waals surface area contributed by atoms with E-state index in [1.807, 2.05) is 0 Å². The molecular weight excluding hydrogens is 347 g/mol. The molecule has 2 aromatic rings. The first-order valence-corrected chi connectivity index (χ1v) is 6.84. The Morgan fingerprint density at radius 1 is 1.00 bits per heavy atom. The van der Waals surface area contributed by atoms with Gasteiger partial charge in [0.15, 0.2) is 23.3 Å². The van der Waals surface area contributed by atoms with Crippen molar-refractivity contribution >= 4 is 17.5 Å². The number of nitrogens with zero attached hydrogens (tertiary/aromatic N) is 1. The number of amides is 2. The molecule has 2 rings (SSSR count). The standard InChI is InChI=1S/C16H11F5N2O2/c1-23(7-12(24)22-9-4-2-3-8(17)5-9)16(25)10-6-11(18)14(20)15(21)13(10)19/h2-6H,7H2,1H3,(H,22,24). The monoisotopic (exact) mass is 358 g/mol. The van der Waals surface area contributed by atoms with E-state index >= 15 is 0 Å². The molecule has 0 spiro atoms. The average molecular weight is 358 g/mol. The zero-order valence-electron chi connectivity index (χ0n) is 12.7. The molecule has 0 aliphatic heterocycles. The molecule has 0 bridgehead atoms. The van der Waals surface area contributed by atoms with Crippen LogP contribution in [0.2, 0.25) is 0 Å². The Hall–Kier alpha value is -2.97. The van der Waals surface area contributed by atoms with E-state index in [1.165, 1.54) is 12.1 Å². The first-order chi connectivity index (χ1) is 11.7. The Kier molecular flexibility index (Phi) is 5.35. The van der Waals surface area contributed by atoms with E-state index in [-0.39, 0.29) is 11.8 Å². The van der Waals surface area contributed by atoms with Crippen LogP contribution in [0.15, 0.2) is 30.3 Å². The lowest BCUT2D eigenvalue weighted by atomic mass is 10.1. The molecule has 0 aromatic heterocycles. The normalized spacial score (nSPS) is 10.5. The number of halogens is 5. The minimum atomic E-state index is -2.12. The summed E-state index contributed by atoms with van der Waals surface area (Å²) in [4.78, 5) is 24.5. The number of nitrogens with one attached hydrogen (secondary N) is 1. The first kappa shape index (κ1) is 18.4. The predicted molar refractivity (Wildman–Crippen MR) is 78.3 cm³/mol. The van der Waals surface area contributed by atoms with Crippen LogP contribution in [-0.2, 0) is 4.79 Å². The summed E-state index contributed by atoms with van der Waals surface area (Å²) < 4.78 is 65.9. The van der Waals surface area contributed by atoms with Crippen molar-refractivity contribution in [3.63, 3.8) is 0 Å². The Bertz CT molecular complexity index is 842. The molecule has 0 heterocycles. The summed E-state index contributed by atoms with van der Waals surface area (Å²) in [5.74, 6) is -10.3. The SMILES string of the molecule is CN(CC(=O)Nc1cccc(F)c1)C(=O)c1cc(F)c(F)c(F)c1F. The summed E-state index contributed by atoms with van der Waals surface area (Å²) in [5.41, 5.74) is -0.937. The molecule has 25 heavy (non-hydrogen) atoms. The second-order valence-corrected chi connectivity index (χ2v) is 5.07. The van der Waals surface area contributed by atoms with Gasteiger partial charge in [-0.15, -0.1) is 0 Å². The molecule has 4 nitrogen and oxygen atoms in total. The number of hydrogen-bond donors (Lipinski definition) is 1. The fourth-order valence-corrected chi connectivity index (χ4v) is 1.99. The Labute approximate surface area is 138 Å². The van der Waals surface area contributed by atoms with Gasteiger partial charge < -0.3 is 10.2 Å². The largest absolute Gasteiger partial charge is 0.332 e. The van der Waals surface area contributed by atoms with Crippen molar-refractivity contribution in [2.24, 2.45) is 0 Å². The van der Waals surface area contributed by atoms with Crippen LogP contribution in [0.3, 0.4) is 0 Å². The molecule has 2 amide bonds. The zero-order chi connectivity index (χ0) is 18.7. The van der Waals surface area contributed by atoms with Gasteiger partial charge in [0.25, 0.3) is 5.91 Å². The highest BCUT2D eigenvalue weighted by Gasteiger charge is 2.25. The van der Waals surface area contributed by atoms with Crippen molar-refractivity contribution in [3.05, 3.63) is 65.0 Å². The van der Waals surface area contributed by atoms with E-state index in [0.29, 0.717) is 4.90 Å². The second kappa shape index (κ2) is 7.29. The van der Waals surface area contributed by atoms with Crippen molar-refractivity contribution in [2.45, 2.75) is 0 Å². The third-order valence-electron chi connectivity index (χ3n) is 3.17. The van der Waals surface area contributed by atoms with Gasteiger partial charge in [-0.2, -0.15) is 0 Å². The molecule has 0 aliphatic rings. The van der Waals surface area contributed by atoms with Gasteiger partial charge >= 0.3 is 0 Å². The zero-order valence-corrected chi connectivity index (χ0v) is 12.7. The molecule has 9 heteroatoms. The minimum Gasteiger partial charge on any atom is -0.332 e. The molecule has 1 N–H and O–H groups in total. The Balaban J connectivity index is 2.11. The molecular formula is C16H11F5N2O2. The van der Waals surface area contributed by atoms with Crippen LogP contribution in [0.1, 0.15) is 10.4 Å². The number of benzene rings is 2. The summed E-state index contributed by atoms with van der Waals surface area (Å²) in [6.07, 6.45) is 0. The summed E-state index contributed by atoms with van der Waals surface area (Å²) in [7, 11) is 1.08. The van der Waals surface area contributed by atoms with Crippen molar-refractivity contribution < 1.29 is 31.5 Å². The maximum atomic E-state index is 13.6. The van der Waals surface area contributed by atoms with Crippen LogP contribution < -0.4 is 5.32 Å². The topological polar surface area (TPSA) is 49.4 Å². The lowest BCUT2D eigenvalue weighted by Gasteiger charge is -2.17. The average Bonchev–Trinajstić information content (AvgIpc) is 2.55. The summed E-state index contributed by atoms with van der Waals surface area (Å²) in [6.45, 7) is -0.616. The van der Waals surface area contributed by atoms with E-state index in [9.17, 15) is 31.5 Å². The van der Waals surface area contributed by atoms with Crippen molar-refractivity contribution in [1.82, 2.24) is 4.90 Å². The number of likely N-dealkylation sites (N-methyl/N-ethyl adjacent to an activating group) is 1. The van der Waals surface area contributed by atoms with Gasteiger partial charge in [0, 0.05) is 12.7 Å². The minimum absolute atomic E-state index is 0.121. The van der Waals surface area contributed by atoms with Gasteiger partial charge in [-0.1, -0.05) is 6.07 Å². The van der Waals surface area contributed by atoms with Crippen LogP contribution in [0.4, 0.5) is 27.6 Å². The summed E-state index contributed by atoms with van der Waals surface area (Å²) >= 11 is 0. The highest BCUT2D eigenvalue weighted by Crippen LogP contribution is 2.20. The lowest BCUT2D eigenvalue weighted by Crippen LogP contribution is -2.35. The smallest absolute Gasteiger partial charge is 0.257 e. The predicted octanol–water partition coefficient (Wildman–Crippen LogP) is 3.09. The van der Waals surface area contributed by atoms with Gasteiger partial charge in [-0.3, -0.25) is 9.59 Å². The Morgan fingerprint density at radius 3 is 2.32 bits per heavy atom.